The van der Waals surface area contributed by atoms with Gasteiger partial charge in [0.05, 0.1) is 12.6 Å². The highest BCUT2D eigenvalue weighted by Gasteiger charge is 2.08. The van der Waals surface area contributed by atoms with Gasteiger partial charge in [-0.2, -0.15) is 4.98 Å². The summed E-state index contributed by atoms with van der Waals surface area (Å²) in [6, 6.07) is 5.35. The number of hydrogen-bond donors (Lipinski definition) is 3. The lowest BCUT2D eigenvalue weighted by Gasteiger charge is -2.09. The summed E-state index contributed by atoms with van der Waals surface area (Å²) in [5.74, 6) is 1.24. The Kier molecular flexibility index (Phi) is 4.05. The maximum absolute atomic E-state index is 7.78. The quantitative estimate of drug-likeness (QED) is 0.459. The van der Waals surface area contributed by atoms with Gasteiger partial charge >= 0.3 is 0 Å². The lowest BCUT2D eigenvalue weighted by molar-refractivity contribution is 0.415. The average Bonchev–Trinajstić information content (AvgIpc) is 2.36. The van der Waals surface area contributed by atoms with E-state index in [1.54, 1.807) is 32.2 Å². The van der Waals surface area contributed by atoms with Gasteiger partial charge in [-0.1, -0.05) is 0 Å². The zero-order chi connectivity index (χ0) is 14.7. The van der Waals surface area contributed by atoms with Crippen LogP contribution in [0.2, 0.25) is 5.28 Å². The van der Waals surface area contributed by atoms with Crippen molar-refractivity contribution in [2.75, 3.05) is 12.4 Å². The van der Waals surface area contributed by atoms with Gasteiger partial charge in [0.2, 0.25) is 5.28 Å². The van der Waals surface area contributed by atoms with Gasteiger partial charge in [-0.25, -0.2) is 4.98 Å². The highest BCUT2D eigenvalue weighted by molar-refractivity contribution is 6.29. The monoisotopic (exact) mass is 291 g/mol. The van der Waals surface area contributed by atoms with Crippen molar-refractivity contribution >= 4 is 34.2 Å². The summed E-state index contributed by atoms with van der Waals surface area (Å²) in [4.78, 5) is 8.23. The molecule has 0 fully saturated rings. The molecule has 1 aromatic carbocycles. The molecule has 0 saturated heterocycles. The summed E-state index contributed by atoms with van der Waals surface area (Å²) in [5, 5.41) is 11.5. The molecule has 1 aromatic heterocycles. The van der Waals surface area contributed by atoms with Crippen molar-refractivity contribution in [3.05, 3.63) is 35.3 Å². The fraction of sp³-hybridized carbons (Fsp3) is 0.154. The van der Waals surface area contributed by atoms with Crippen LogP contribution in [0.4, 0.5) is 5.82 Å². The number of anilines is 1. The summed E-state index contributed by atoms with van der Waals surface area (Å²) in [7, 11) is 1.58. The largest absolute Gasteiger partial charge is 0.497 e. The standard InChI is InChI=1S/C13H14ClN5O/c1-7(15)5-11(16)18-12-9-4-3-8(20-2)6-10(9)17-13(14)19-12/h3-6H,15H2,1-2H3,(H2,16,17,18,19)/b7-5-. The number of benzene rings is 1. The fourth-order valence-corrected chi connectivity index (χ4v) is 1.87. The lowest BCUT2D eigenvalue weighted by Crippen LogP contribution is -2.11. The molecule has 0 unspecified atom stereocenters. The van der Waals surface area contributed by atoms with Gasteiger partial charge in [-0.15, -0.1) is 0 Å². The molecule has 0 saturated carbocycles. The van der Waals surface area contributed by atoms with E-state index in [1.807, 2.05) is 0 Å². The minimum absolute atomic E-state index is 0.0921. The van der Waals surface area contributed by atoms with Crippen LogP contribution in [0.3, 0.4) is 0 Å². The average molecular weight is 292 g/mol. The van der Waals surface area contributed by atoms with E-state index in [1.165, 1.54) is 6.08 Å². The maximum Gasteiger partial charge on any atom is 0.224 e. The molecule has 7 heteroatoms. The second-order valence-corrected chi connectivity index (χ2v) is 4.49. The van der Waals surface area contributed by atoms with Gasteiger partial charge in [0.25, 0.3) is 0 Å². The van der Waals surface area contributed by atoms with Crippen LogP contribution in [0, 0.1) is 5.41 Å². The summed E-state index contributed by atoms with van der Waals surface area (Å²) < 4.78 is 5.14. The number of halogens is 1. The van der Waals surface area contributed by atoms with Gasteiger partial charge in [0.15, 0.2) is 0 Å². The number of aromatic nitrogens is 2. The Labute approximate surface area is 121 Å². The number of ether oxygens (including phenoxy) is 1. The molecule has 104 valence electrons. The molecular formula is C13H14ClN5O. The number of methoxy groups -OCH3 is 1. The summed E-state index contributed by atoms with van der Waals surface area (Å²) in [6.07, 6.45) is 1.49. The van der Waals surface area contributed by atoms with E-state index >= 15 is 0 Å². The number of amidine groups is 1. The number of rotatable bonds is 3. The van der Waals surface area contributed by atoms with Crippen molar-refractivity contribution in [3.8, 4) is 5.75 Å². The van der Waals surface area contributed by atoms with Crippen LogP contribution in [0.25, 0.3) is 10.9 Å². The smallest absolute Gasteiger partial charge is 0.224 e. The third-order valence-electron chi connectivity index (χ3n) is 2.50. The Morgan fingerprint density at radius 3 is 2.85 bits per heavy atom. The molecule has 1 heterocycles. The molecule has 2 aromatic rings. The van der Waals surface area contributed by atoms with Crippen LogP contribution >= 0.6 is 11.6 Å². The van der Waals surface area contributed by atoms with Gasteiger partial charge in [-0.05, 0) is 36.7 Å². The Morgan fingerprint density at radius 2 is 2.20 bits per heavy atom. The molecule has 2 rings (SSSR count). The van der Waals surface area contributed by atoms with Gasteiger partial charge in [0.1, 0.15) is 17.4 Å². The molecule has 0 atom stereocenters. The molecular weight excluding hydrogens is 278 g/mol. The van der Waals surface area contributed by atoms with Gasteiger partial charge in [-0.3, -0.25) is 5.41 Å². The molecule has 0 spiro atoms. The predicted molar refractivity (Wildman–Crippen MR) is 80.4 cm³/mol. The van der Waals surface area contributed by atoms with Crippen molar-refractivity contribution in [3.63, 3.8) is 0 Å². The number of nitrogens with two attached hydrogens (primary N) is 1. The number of allylic oxidation sites excluding steroid dienone is 1. The second kappa shape index (κ2) is 5.75. The first-order chi connectivity index (χ1) is 9.49. The van der Waals surface area contributed by atoms with E-state index in [0.29, 0.717) is 22.8 Å². The zero-order valence-electron chi connectivity index (χ0n) is 11.1. The molecule has 0 bridgehead atoms. The first kappa shape index (κ1) is 14.1. The SMILES string of the molecule is COc1ccc2c(NC(=N)/C=C(/C)N)nc(Cl)nc2c1. The van der Waals surface area contributed by atoms with Crippen molar-refractivity contribution in [2.24, 2.45) is 5.73 Å². The first-order valence-corrected chi connectivity index (χ1v) is 6.18. The number of nitrogens with one attached hydrogen (secondary N) is 2. The molecule has 0 radical (unpaired) electrons. The molecule has 0 aliphatic heterocycles. The van der Waals surface area contributed by atoms with E-state index in [4.69, 9.17) is 27.5 Å². The Balaban J connectivity index is 2.47. The third kappa shape index (κ3) is 3.16. The summed E-state index contributed by atoms with van der Waals surface area (Å²) >= 11 is 5.89. The van der Waals surface area contributed by atoms with Crippen LogP contribution in [-0.2, 0) is 0 Å². The van der Waals surface area contributed by atoms with E-state index in [2.05, 4.69) is 15.3 Å². The topological polar surface area (TPSA) is 96.9 Å². The maximum atomic E-state index is 7.78. The van der Waals surface area contributed by atoms with Crippen LogP contribution < -0.4 is 15.8 Å². The fourth-order valence-electron chi connectivity index (χ4n) is 1.69. The van der Waals surface area contributed by atoms with E-state index in [9.17, 15) is 0 Å². The Morgan fingerprint density at radius 1 is 1.45 bits per heavy atom. The van der Waals surface area contributed by atoms with Crippen LogP contribution in [0.1, 0.15) is 6.92 Å². The minimum Gasteiger partial charge on any atom is -0.497 e. The lowest BCUT2D eigenvalue weighted by atomic mass is 10.2. The van der Waals surface area contributed by atoms with Crippen molar-refractivity contribution in [2.45, 2.75) is 6.92 Å². The number of hydrogen-bond acceptors (Lipinski definition) is 5. The summed E-state index contributed by atoms with van der Waals surface area (Å²) in [6.45, 7) is 1.70. The van der Waals surface area contributed by atoms with Crippen LogP contribution in [0.15, 0.2) is 30.0 Å². The van der Waals surface area contributed by atoms with Crippen molar-refractivity contribution in [1.82, 2.24) is 9.97 Å². The number of fused-ring (bicyclic) bond motifs is 1. The molecule has 0 amide bonds. The van der Waals surface area contributed by atoms with E-state index in [0.717, 1.165) is 5.39 Å². The van der Waals surface area contributed by atoms with Crippen molar-refractivity contribution < 1.29 is 4.74 Å². The third-order valence-corrected chi connectivity index (χ3v) is 2.67. The van der Waals surface area contributed by atoms with E-state index in [-0.39, 0.29) is 11.1 Å². The van der Waals surface area contributed by atoms with E-state index < -0.39 is 0 Å². The molecule has 0 aliphatic carbocycles. The number of nitrogens with zero attached hydrogens (tertiary/aromatic N) is 2. The molecule has 0 aliphatic rings. The van der Waals surface area contributed by atoms with Gasteiger partial charge < -0.3 is 15.8 Å². The van der Waals surface area contributed by atoms with Crippen molar-refractivity contribution in [1.29, 1.82) is 5.41 Å². The second-order valence-electron chi connectivity index (χ2n) is 4.15. The predicted octanol–water partition coefficient (Wildman–Crippen LogP) is 2.54. The highest BCUT2D eigenvalue weighted by Crippen LogP contribution is 2.25. The first-order valence-electron chi connectivity index (χ1n) is 5.80. The summed E-state index contributed by atoms with van der Waals surface area (Å²) in [5.41, 5.74) is 6.69. The highest BCUT2D eigenvalue weighted by atomic mass is 35.5. The van der Waals surface area contributed by atoms with Gasteiger partial charge in [0, 0.05) is 17.1 Å². The normalized spacial score (nSPS) is 11.4. The van der Waals surface area contributed by atoms with Crippen LogP contribution in [0.5, 0.6) is 5.75 Å². The Hall–Kier alpha value is -2.34. The van der Waals surface area contributed by atoms with Crippen LogP contribution in [-0.4, -0.2) is 22.9 Å². The molecule has 20 heavy (non-hydrogen) atoms. The minimum atomic E-state index is 0.0921. The Bertz CT molecular complexity index is 694. The zero-order valence-corrected chi connectivity index (χ0v) is 11.8. The molecule has 4 N–H and O–H groups in total. The molecule has 6 nitrogen and oxygen atoms in total.